The van der Waals surface area contributed by atoms with E-state index in [1.165, 1.54) is 12.3 Å². The van der Waals surface area contributed by atoms with Crippen molar-refractivity contribution in [3.05, 3.63) is 23.6 Å². The number of terminal acetylenes is 1. The summed E-state index contributed by atoms with van der Waals surface area (Å²) in [5, 5.41) is 0. The van der Waals surface area contributed by atoms with Gasteiger partial charge in [-0.25, -0.2) is 9.37 Å². The molecule has 1 aromatic rings. The smallest absolute Gasteiger partial charge is 0.166 e. The second-order valence-corrected chi connectivity index (χ2v) is 1.74. The third-order valence-corrected chi connectivity index (χ3v) is 1.04. The summed E-state index contributed by atoms with van der Waals surface area (Å²) < 4.78 is 12.5. The summed E-state index contributed by atoms with van der Waals surface area (Å²) in [6.07, 6.45) is 6.32. The van der Waals surface area contributed by atoms with E-state index in [4.69, 9.17) is 12.2 Å². The zero-order chi connectivity index (χ0) is 7.56. The molecule has 3 heteroatoms. The molecule has 0 aliphatic rings. The molecule has 0 aliphatic heterocycles. The van der Waals surface area contributed by atoms with Crippen molar-refractivity contribution in [3.8, 4) is 12.3 Å². The van der Waals surface area contributed by atoms with E-state index in [0.717, 1.165) is 0 Å². The van der Waals surface area contributed by atoms with Crippen LogP contribution in [-0.4, -0.2) is 4.98 Å². The van der Waals surface area contributed by atoms with Crippen molar-refractivity contribution in [1.82, 2.24) is 4.98 Å². The Morgan fingerprint density at radius 2 is 2.40 bits per heavy atom. The van der Waals surface area contributed by atoms with E-state index in [0.29, 0.717) is 5.56 Å². The monoisotopic (exact) mass is 136 g/mol. The molecule has 1 heterocycles. The van der Waals surface area contributed by atoms with Crippen LogP contribution in [0, 0.1) is 18.2 Å². The van der Waals surface area contributed by atoms with Crippen molar-refractivity contribution in [2.45, 2.75) is 0 Å². The second-order valence-electron chi connectivity index (χ2n) is 1.74. The zero-order valence-electron chi connectivity index (χ0n) is 5.13. The molecular formula is C7H5FN2. The van der Waals surface area contributed by atoms with Crippen LogP contribution < -0.4 is 5.73 Å². The van der Waals surface area contributed by atoms with Crippen molar-refractivity contribution < 1.29 is 4.39 Å². The molecule has 0 spiro atoms. The lowest BCUT2D eigenvalue weighted by Gasteiger charge is -1.93. The average molecular weight is 136 g/mol. The van der Waals surface area contributed by atoms with Crippen LogP contribution in [0.25, 0.3) is 0 Å². The van der Waals surface area contributed by atoms with E-state index in [1.54, 1.807) is 0 Å². The molecule has 0 unspecified atom stereocenters. The van der Waals surface area contributed by atoms with Gasteiger partial charge in [0.1, 0.15) is 0 Å². The first-order chi connectivity index (χ1) is 4.74. The Morgan fingerprint density at radius 1 is 1.70 bits per heavy atom. The van der Waals surface area contributed by atoms with Gasteiger partial charge in [-0.15, -0.1) is 6.42 Å². The lowest BCUT2D eigenvalue weighted by molar-refractivity contribution is 0.627. The van der Waals surface area contributed by atoms with Crippen LogP contribution in [0.1, 0.15) is 5.56 Å². The highest BCUT2D eigenvalue weighted by atomic mass is 19.1. The predicted octanol–water partition coefficient (Wildman–Crippen LogP) is 0.784. The quantitative estimate of drug-likeness (QED) is 0.535. The Labute approximate surface area is 57.9 Å². The highest BCUT2D eigenvalue weighted by Crippen LogP contribution is 2.06. The Balaban J connectivity index is 3.20. The fraction of sp³-hybridized carbons (Fsp3) is 0. The van der Waals surface area contributed by atoms with Gasteiger partial charge < -0.3 is 5.73 Å². The van der Waals surface area contributed by atoms with Gasteiger partial charge >= 0.3 is 0 Å². The number of hydrogen-bond acceptors (Lipinski definition) is 2. The standard InChI is InChI=1S/C7H5FN2/c1-2-5-3-6(8)7(9)10-4-5/h1,3-4H,(H2,9,10). The van der Waals surface area contributed by atoms with Crippen LogP contribution in [0.4, 0.5) is 10.2 Å². The van der Waals surface area contributed by atoms with Crippen LogP contribution in [0.5, 0.6) is 0 Å². The number of halogens is 1. The third-order valence-electron chi connectivity index (χ3n) is 1.04. The van der Waals surface area contributed by atoms with Gasteiger partial charge in [0.2, 0.25) is 0 Å². The van der Waals surface area contributed by atoms with E-state index in [-0.39, 0.29) is 5.82 Å². The first-order valence-electron chi connectivity index (χ1n) is 2.61. The summed E-state index contributed by atoms with van der Waals surface area (Å²) in [6.45, 7) is 0. The highest BCUT2D eigenvalue weighted by molar-refractivity contribution is 5.38. The topological polar surface area (TPSA) is 38.9 Å². The van der Waals surface area contributed by atoms with Crippen molar-refractivity contribution >= 4 is 5.82 Å². The van der Waals surface area contributed by atoms with Gasteiger partial charge in [-0.2, -0.15) is 0 Å². The highest BCUT2D eigenvalue weighted by Gasteiger charge is 1.97. The minimum absolute atomic E-state index is 0.126. The molecular weight excluding hydrogens is 131 g/mol. The van der Waals surface area contributed by atoms with Gasteiger partial charge in [0, 0.05) is 11.8 Å². The molecule has 1 rings (SSSR count). The summed E-state index contributed by atoms with van der Waals surface area (Å²) in [6, 6.07) is 1.17. The van der Waals surface area contributed by atoms with E-state index in [2.05, 4.69) is 10.9 Å². The fourth-order valence-electron chi connectivity index (χ4n) is 0.527. The van der Waals surface area contributed by atoms with Gasteiger partial charge in [-0.3, -0.25) is 0 Å². The molecule has 1 aromatic heterocycles. The number of aromatic nitrogens is 1. The third kappa shape index (κ3) is 1.06. The summed E-state index contributed by atoms with van der Waals surface area (Å²) in [5.41, 5.74) is 5.48. The maximum atomic E-state index is 12.5. The molecule has 0 amide bonds. The van der Waals surface area contributed by atoms with Gasteiger partial charge in [-0.1, -0.05) is 5.92 Å². The Hall–Kier alpha value is -1.56. The molecule has 50 valence electrons. The van der Waals surface area contributed by atoms with E-state index in [1.807, 2.05) is 0 Å². The first kappa shape index (κ1) is 6.56. The minimum Gasteiger partial charge on any atom is -0.381 e. The van der Waals surface area contributed by atoms with Gasteiger partial charge in [0.25, 0.3) is 0 Å². The number of nitrogens with two attached hydrogens (primary N) is 1. The van der Waals surface area contributed by atoms with Gasteiger partial charge in [0.05, 0.1) is 0 Å². The lowest BCUT2D eigenvalue weighted by atomic mass is 10.3. The van der Waals surface area contributed by atoms with Gasteiger partial charge in [-0.05, 0) is 6.07 Å². The molecule has 0 atom stereocenters. The Kier molecular flexibility index (Phi) is 1.55. The fourth-order valence-corrected chi connectivity index (χ4v) is 0.527. The zero-order valence-corrected chi connectivity index (χ0v) is 5.13. The number of anilines is 1. The summed E-state index contributed by atoms with van der Waals surface area (Å²) in [5.74, 6) is 1.54. The number of rotatable bonds is 0. The number of nitrogens with zero attached hydrogens (tertiary/aromatic N) is 1. The second kappa shape index (κ2) is 2.36. The number of hydrogen-bond donors (Lipinski definition) is 1. The predicted molar refractivity (Wildman–Crippen MR) is 36.5 cm³/mol. The maximum Gasteiger partial charge on any atom is 0.166 e. The molecule has 2 nitrogen and oxygen atoms in total. The number of nitrogen functional groups attached to an aromatic ring is 1. The minimum atomic E-state index is -0.574. The maximum absolute atomic E-state index is 12.5. The van der Waals surface area contributed by atoms with Crippen molar-refractivity contribution in [1.29, 1.82) is 0 Å². The first-order valence-corrected chi connectivity index (χ1v) is 2.61. The normalized spacial score (nSPS) is 8.80. The molecule has 0 fully saturated rings. The van der Waals surface area contributed by atoms with Crippen molar-refractivity contribution in [2.24, 2.45) is 0 Å². The van der Waals surface area contributed by atoms with Crippen LogP contribution in [0.3, 0.4) is 0 Å². The summed E-state index contributed by atoms with van der Waals surface area (Å²) in [7, 11) is 0. The largest absolute Gasteiger partial charge is 0.381 e. The Morgan fingerprint density at radius 3 is 2.90 bits per heavy atom. The van der Waals surface area contributed by atoms with Crippen LogP contribution in [0.15, 0.2) is 12.3 Å². The number of pyridine rings is 1. The van der Waals surface area contributed by atoms with Crippen LogP contribution in [-0.2, 0) is 0 Å². The molecule has 0 saturated heterocycles. The van der Waals surface area contributed by atoms with Crippen molar-refractivity contribution in [3.63, 3.8) is 0 Å². The lowest BCUT2D eigenvalue weighted by Crippen LogP contribution is -1.94. The van der Waals surface area contributed by atoms with E-state index in [9.17, 15) is 4.39 Å². The van der Waals surface area contributed by atoms with Gasteiger partial charge in [0.15, 0.2) is 11.6 Å². The van der Waals surface area contributed by atoms with Crippen LogP contribution >= 0.6 is 0 Å². The molecule has 0 radical (unpaired) electrons. The molecule has 10 heavy (non-hydrogen) atoms. The molecule has 2 N–H and O–H groups in total. The molecule has 0 aromatic carbocycles. The Bertz CT molecular complexity index is 288. The van der Waals surface area contributed by atoms with E-state index < -0.39 is 5.82 Å². The summed E-state index contributed by atoms with van der Waals surface area (Å²) in [4.78, 5) is 3.51. The molecule has 0 saturated carbocycles. The summed E-state index contributed by atoms with van der Waals surface area (Å²) >= 11 is 0. The SMILES string of the molecule is C#Cc1cnc(N)c(F)c1. The van der Waals surface area contributed by atoms with E-state index >= 15 is 0 Å². The van der Waals surface area contributed by atoms with Crippen molar-refractivity contribution in [2.75, 3.05) is 5.73 Å². The van der Waals surface area contributed by atoms with Crippen LogP contribution in [0.2, 0.25) is 0 Å². The molecule has 0 aliphatic carbocycles. The molecule has 0 bridgehead atoms. The average Bonchev–Trinajstić information content (AvgIpc) is 1.95.